The quantitative estimate of drug-likeness (QED) is 0.566. The number of rotatable bonds is 2. The molecule has 0 aliphatic heterocycles. The summed E-state index contributed by atoms with van der Waals surface area (Å²) in [4.78, 5) is 8.43. The third kappa shape index (κ3) is 2.42. The second-order valence-electron chi connectivity index (χ2n) is 4.87. The molecule has 2 aromatic carbocycles. The maximum absolute atomic E-state index is 13.5. The van der Waals surface area contributed by atoms with Crippen molar-refractivity contribution >= 4 is 11.3 Å². The molecule has 112 valence electrons. The number of hydrogen-bond donors (Lipinski definition) is 0. The summed E-state index contributed by atoms with van der Waals surface area (Å²) in [7, 11) is 0. The van der Waals surface area contributed by atoms with Gasteiger partial charge in [-0.2, -0.15) is 0 Å². The largest absolute Gasteiger partial charge is 0.243 e. The van der Waals surface area contributed by atoms with Crippen LogP contribution in [-0.4, -0.2) is 20.3 Å². The molecule has 0 saturated carbocycles. The van der Waals surface area contributed by atoms with Crippen molar-refractivity contribution in [2.45, 2.75) is 0 Å². The molecule has 0 saturated heterocycles. The molecule has 0 aliphatic carbocycles. The highest BCUT2D eigenvalue weighted by Gasteiger charge is 2.13. The Balaban J connectivity index is 1.92. The van der Waals surface area contributed by atoms with Crippen LogP contribution in [-0.2, 0) is 0 Å². The zero-order valence-corrected chi connectivity index (χ0v) is 11.6. The normalized spacial score (nSPS) is 11.0. The van der Waals surface area contributed by atoms with Crippen molar-refractivity contribution in [1.82, 2.24) is 20.3 Å². The molecular formula is C16H8F2N4O. The zero-order valence-electron chi connectivity index (χ0n) is 11.6. The first-order chi connectivity index (χ1) is 11.2. The summed E-state index contributed by atoms with van der Waals surface area (Å²) in [5, 5.41) is 7.25. The van der Waals surface area contributed by atoms with Crippen molar-refractivity contribution in [2.75, 3.05) is 0 Å². The van der Waals surface area contributed by atoms with E-state index in [-0.39, 0.29) is 5.65 Å². The molecule has 0 aliphatic rings. The van der Waals surface area contributed by atoms with Crippen LogP contribution >= 0.6 is 0 Å². The standard InChI is InChI=1S/C16H8F2N4O/c17-10-5-9(6-11(18)7-10)12-3-1-2-4-13(12)14-8-19-15-16(20-14)22-23-21-15/h1-8H. The molecule has 4 aromatic rings. The maximum atomic E-state index is 13.5. The van der Waals surface area contributed by atoms with Gasteiger partial charge in [-0.05, 0) is 33.6 Å². The molecule has 23 heavy (non-hydrogen) atoms. The van der Waals surface area contributed by atoms with Gasteiger partial charge in [0.25, 0.3) is 0 Å². The van der Waals surface area contributed by atoms with Crippen molar-refractivity contribution in [1.29, 1.82) is 0 Å². The molecule has 2 heterocycles. The molecule has 2 aromatic heterocycles. The van der Waals surface area contributed by atoms with Crippen LogP contribution in [0.2, 0.25) is 0 Å². The van der Waals surface area contributed by atoms with E-state index < -0.39 is 11.6 Å². The topological polar surface area (TPSA) is 64.7 Å². The molecule has 0 N–H and O–H groups in total. The first kappa shape index (κ1) is 13.4. The summed E-state index contributed by atoms with van der Waals surface area (Å²) in [5.74, 6) is -1.28. The number of fused-ring (bicyclic) bond motifs is 1. The lowest BCUT2D eigenvalue weighted by Crippen LogP contribution is -1.92. The smallest absolute Gasteiger partial charge is 0.240 e. The van der Waals surface area contributed by atoms with Crippen molar-refractivity contribution in [3.8, 4) is 22.4 Å². The predicted molar refractivity (Wildman–Crippen MR) is 78.2 cm³/mol. The van der Waals surface area contributed by atoms with Crippen LogP contribution < -0.4 is 0 Å². The Morgan fingerprint density at radius 2 is 1.52 bits per heavy atom. The number of nitrogens with zero attached hydrogens (tertiary/aromatic N) is 4. The van der Waals surface area contributed by atoms with E-state index in [1.54, 1.807) is 24.3 Å². The molecule has 0 atom stereocenters. The monoisotopic (exact) mass is 310 g/mol. The predicted octanol–water partition coefficient (Wildman–Crippen LogP) is 3.63. The minimum Gasteiger partial charge on any atom is -0.240 e. The van der Waals surface area contributed by atoms with Crippen LogP contribution in [0.15, 0.2) is 53.3 Å². The second-order valence-corrected chi connectivity index (χ2v) is 4.87. The molecule has 0 radical (unpaired) electrons. The van der Waals surface area contributed by atoms with Crippen LogP contribution in [0, 0.1) is 11.6 Å². The highest BCUT2D eigenvalue weighted by Crippen LogP contribution is 2.31. The van der Waals surface area contributed by atoms with Crippen LogP contribution in [0.5, 0.6) is 0 Å². The third-order valence-electron chi connectivity index (χ3n) is 3.37. The minimum atomic E-state index is -0.642. The van der Waals surface area contributed by atoms with Gasteiger partial charge in [0.2, 0.25) is 11.3 Å². The Labute approximate surface area is 128 Å². The Hall–Kier alpha value is -3.22. The number of aromatic nitrogens is 4. The summed E-state index contributed by atoms with van der Waals surface area (Å²) >= 11 is 0. The Bertz CT molecular complexity index is 996. The summed E-state index contributed by atoms with van der Waals surface area (Å²) < 4.78 is 31.6. The fourth-order valence-electron chi connectivity index (χ4n) is 2.39. The van der Waals surface area contributed by atoms with Crippen LogP contribution in [0.4, 0.5) is 8.78 Å². The summed E-state index contributed by atoms with van der Waals surface area (Å²) in [5.41, 5.74) is 2.79. The van der Waals surface area contributed by atoms with E-state index in [1.807, 2.05) is 0 Å². The van der Waals surface area contributed by atoms with Gasteiger partial charge in [-0.3, -0.25) is 0 Å². The van der Waals surface area contributed by atoms with E-state index in [9.17, 15) is 8.78 Å². The lowest BCUT2D eigenvalue weighted by Gasteiger charge is -2.09. The molecule has 0 amide bonds. The highest BCUT2D eigenvalue weighted by atomic mass is 19.1. The van der Waals surface area contributed by atoms with E-state index in [1.165, 1.54) is 18.3 Å². The maximum Gasteiger partial charge on any atom is 0.243 e. The summed E-state index contributed by atoms with van der Waals surface area (Å²) in [6.07, 6.45) is 1.51. The van der Waals surface area contributed by atoms with E-state index in [2.05, 4.69) is 24.9 Å². The summed E-state index contributed by atoms with van der Waals surface area (Å²) in [6.45, 7) is 0. The van der Waals surface area contributed by atoms with Crippen molar-refractivity contribution in [3.05, 3.63) is 60.3 Å². The van der Waals surface area contributed by atoms with Gasteiger partial charge in [-0.25, -0.2) is 23.4 Å². The SMILES string of the molecule is Fc1cc(F)cc(-c2ccccc2-c2cnc3nonc3n2)c1. The van der Waals surface area contributed by atoms with E-state index in [0.717, 1.165) is 6.07 Å². The fraction of sp³-hybridized carbons (Fsp3) is 0. The van der Waals surface area contributed by atoms with Crippen LogP contribution in [0.25, 0.3) is 33.7 Å². The highest BCUT2D eigenvalue weighted by molar-refractivity contribution is 5.83. The second kappa shape index (κ2) is 5.20. The van der Waals surface area contributed by atoms with Crippen molar-refractivity contribution in [2.24, 2.45) is 0 Å². The first-order valence-electron chi connectivity index (χ1n) is 6.72. The lowest BCUT2D eigenvalue weighted by atomic mass is 9.97. The fourth-order valence-corrected chi connectivity index (χ4v) is 2.39. The number of benzene rings is 2. The lowest BCUT2D eigenvalue weighted by molar-refractivity contribution is 0.314. The molecule has 0 bridgehead atoms. The van der Waals surface area contributed by atoms with Gasteiger partial charge in [0.05, 0.1) is 11.9 Å². The third-order valence-corrected chi connectivity index (χ3v) is 3.37. The Morgan fingerprint density at radius 1 is 0.826 bits per heavy atom. The van der Waals surface area contributed by atoms with E-state index in [4.69, 9.17) is 0 Å². The van der Waals surface area contributed by atoms with Crippen LogP contribution in [0.3, 0.4) is 0 Å². The molecule has 0 fully saturated rings. The first-order valence-corrected chi connectivity index (χ1v) is 6.72. The van der Waals surface area contributed by atoms with Gasteiger partial charge >= 0.3 is 0 Å². The number of halogens is 2. The number of hydrogen-bond acceptors (Lipinski definition) is 5. The van der Waals surface area contributed by atoms with Gasteiger partial charge in [0.15, 0.2) is 0 Å². The Kier molecular flexibility index (Phi) is 3.04. The molecule has 5 nitrogen and oxygen atoms in total. The van der Waals surface area contributed by atoms with Crippen molar-refractivity contribution in [3.63, 3.8) is 0 Å². The molecule has 0 unspecified atom stereocenters. The van der Waals surface area contributed by atoms with Gasteiger partial charge in [-0.1, -0.05) is 24.3 Å². The van der Waals surface area contributed by atoms with E-state index >= 15 is 0 Å². The molecule has 4 rings (SSSR count). The molecular weight excluding hydrogens is 302 g/mol. The van der Waals surface area contributed by atoms with E-state index in [0.29, 0.717) is 28.0 Å². The van der Waals surface area contributed by atoms with Gasteiger partial charge in [0.1, 0.15) is 11.6 Å². The van der Waals surface area contributed by atoms with Gasteiger partial charge in [0, 0.05) is 11.6 Å². The minimum absolute atomic E-state index is 0.266. The zero-order chi connectivity index (χ0) is 15.8. The average Bonchev–Trinajstić information content (AvgIpc) is 3.01. The summed E-state index contributed by atoms with van der Waals surface area (Å²) in [6, 6.07) is 10.5. The van der Waals surface area contributed by atoms with Gasteiger partial charge in [-0.15, -0.1) is 0 Å². The average molecular weight is 310 g/mol. The van der Waals surface area contributed by atoms with Crippen molar-refractivity contribution < 1.29 is 13.4 Å². The van der Waals surface area contributed by atoms with Gasteiger partial charge < -0.3 is 0 Å². The molecule has 7 heteroatoms. The molecule has 0 spiro atoms. The Morgan fingerprint density at radius 3 is 2.30 bits per heavy atom. The van der Waals surface area contributed by atoms with Crippen LogP contribution in [0.1, 0.15) is 0 Å².